The van der Waals surface area contributed by atoms with E-state index in [1.54, 1.807) is 0 Å². The smallest absolute Gasteiger partial charge is 0.252 e. The fourth-order valence-electron chi connectivity index (χ4n) is 2.44. The van der Waals surface area contributed by atoms with Gasteiger partial charge in [-0.2, -0.15) is 4.98 Å². The summed E-state index contributed by atoms with van der Waals surface area (Å²) in [7, 11) is 0. The molecule has 0 aliphatic carbocycles. The van der Waals surface area contributed by atoms with Crippen LogP contribution in [0.25, 0.3) is 0 Å². The number of aromatic nitrogens is 2. The van der Waals surface area contributed by atoms with Crippen molar-refractivity contribution in [2.45, 2.75) is 52.4 Å². The molecule has 1 N–H and O–H groups in total. The average Bonchev–Trinajstić information content (AvgIpc) is 2.92. The molecule has 0 amide bonds. The van der Waals surface area contributed by atoms with Gasteiger partial charge in [0.05, 0.1) is 12.1 Å². The van der Waals surface area contributed by atoms with E-state index < -0.39 is 0 Å². The van der Waals surface area contributed by atoms with Gasteiger partial charge in [-0.05, 0) is 20.3 Å². The van der Waals surface area contributed by atoms with E-state index in [2.05, 4.69) is 27.3 Å². The highest BCUT2D eigenvalue weighted by Gasteiger charge is 2.25. The Kier molecular flexibility index (Phi) is 5.94. The number of piperazine rings is 1. The molecule has 0 aromatic carbocycles. The van der Waals surface area contributed by atoms with Crippen LogP contribution in [0.4, 0.5) is 0 Å². The zero-order chi connectivity index (χ0) is 14.4. The van der Waals surface area contributed by atoms with Crippen molar-refractivity contribution >= 4 is 0 Å². The number of ether oxygens (including phenoxy) is 1. The SMILES string of the molecule is CCCC(c1noc(COC(C)C)n1)N1CCNCC1. The minimum Gasteiger partial charge on any atom is -0.369 e. The van der Waals surface area contributed by atoms with Crippen LogP contribution >= 0.6 is 0 Å². The van der Waals surface area contributed by atoms with Crippen molar-refractivity contribution in [2.75, 3.05) is 26.2 Å². The molecule has 6 nitrogen and oxygen atoms in total. The molecule has 1 aromatic heterocycles. The summed E-state index contributed by atoms with van der Waals surface area (Å²) in [5.41, 5.74) is 0. The van der Waals surface area contributed by atoms with E-state index in [-0.39, 0.29) is 12.1 Å². The Morgan fingerprint density at radius 1 is 1.35 bits per heavy atom. The molecule has 1 aromatic rings. The van der Waals surface area contributed by atoms with E-state index in [9.17, 15) is 0 Å². The maximum Gasteiger partial charge on any atom is 0.252 e. The number of rotatable bonds is 7. The van der Waals surface area contributed by atoms with Crippen LogP contribution in [0.2, 0.25) is 0 Å². The zero-order valence-electron chi connectivity index (χ0n) is 12.8. The Morgan fingerprint density at radius 2 is 2.10 bits per heavy atom. The monoisotopic (exact) mass is 282 g/mol. The maximum absolute atomic E-state index is 5.51. The quantitative estimate of drug-likeness (QED) is 0.822. The summed E-state index contributed by atoms with van der Waals surface area (Å²) >= 11 is 0. The topological polar surface area (TPSA) is 63.4 Å². The van der Waals surface area contributed by atoms with Gasteiger partial charge >= 0.3 is 0 Å². The van der Waals surface area contributed by atoms with E-state index in [4.69, 9.17) is 9.26 Å². The standard InChI is InChI=1S/C14H26N4O2/c1-4-5-12(18-8-6-15-7-9-18)14-16-13(20-17-14)10-19-11(2)3/h11-12,15H,4-10H2,1-3H3. The Labute approximate surface area is 120 Å². The Hall–Kier alpha value is -0.980. The molecule has 0 saturated carbocycles. The third kappa shape index (κ3) is 4.26. The minimum atomic E-state index is 0.171. The Balaban J connectivity index is 2.00. The average molecular weight is 282 g/mol. The third-order valence-corrected chi connectivity index (χ3v) is 3.48. The normalized spacial score (nSPS) is 18.6. The lowest BCUT2D eigenvalue weighted by atomic mass is 10.1. The van der Waals surface area contributed by atoms with Gasteiger partial charge in [-0.3, -0.25) is 4.90 Å². The first-order chi connectivity index (χ1) is 9.70. The van der Waals surface area contributed by atoms with Crippen molar-refractivity contribution in [3.05, 3.63) is 11.7 Å². The molecule has 0 spiro atoms. The number of nitrogens with one attached hydrogen (secondary N) is 1. The molecule has 2 rings (SSSR count). The van der Waals surface area contributed by atoms with Gasteiger partial charge in [0, 0.05) is 26.2 Å². The lowest BCUT2D eigenvalue weighted by Crippen LogP contribution is -2.45. The van der Waals surface area contributed by atoms with Crippen molar-refractivity contribution in [1.29, 1.82) is 0 Å². The van der Waals surface area contributed by atoms with Gasteiger partial charge in [0.2, 0.25) is 0 Å². The lowest BCUT2D eigenvalue weighted by molar-refractivity contribution is 0.0485. The van der Waals surface area contributed by atoms with Crippen molar-refractivity contribution in [2.24, 2.45) is 0 Å². The zero-order valence-corrected chi connectivity index (χ0v) is 12.8. The predicted octanol–water partition coefficient (Wildman–Crippen LogP) is 1.74. The highest BCUT2D eigenvalue weighted by atomic mass is 16.5. The first-order valence-electron chi connectivity index (χ1n) is 7.59. The molecule has 6 heteroatoms. The van der Waals surface area contributed by atoms with Gasteiger partial charge in [0.25, 0.3) is 5.89 Å². The van der Waals surface area contributed by atoms with Crippen LogP contribution in [0.15, 0.2) is 4.52 Å². The summed E-state index contributed by atoms with van der Waals surface area (Å²) in [5, 5.41) is 7.54. The van der Waals surface area contributed by atoms with Crippen LogP contribution in [0, 0.1) is 0 Å². The van der Waals surface area contributed by atoms with Gasteiger partial charge in [0.1, 0.15) is 6.61 Å². The van der Waals surface area contributed by atoms with Gasteiger partial charge < -0.3 is 14.6 Å². The summed E-state index contributed by atoms with van der Waals surface area (Å²) in [6.45, 7) is 10.7. The van der Waals surface area contributed by atoms with E-state index >= 15 is 0 Å². The maximum atomic E-state index is 5.51. The van der Waals surface area contributed by atoms with Crippen LogP contribution in [0.3, 0.4) is 0 Å². The fraction of sp³-hybridized carbons (Fsp3) is 0.857. The second-order valence-electron chi connectivity index (χ2n) is 5.50. The van der Waals surface area contributed by atoms with Gasteiger partial charge in [-0.25, -0.2) is 0 Å². The van der Waals surface area contributed by atoms with Gasteiger partial charge in [0.15, 0.2) is 5.82 Å². The Bertz CT molecular complexity index is 388. The first-order valence-corrected chi connectivity index (χ1v) is 7.59. The van der Waals surface area contributed by atoms with Crippen molar-refractivity contribution in [3.63, 3.8) is 0 Å². The second kappa shape index (κ2) is 7.71. The molecule has 1 unspecified atom stereocenters. The summed E-state index contributed by atoms with van der Waals surface area (Å²) in [4.78, 5) is 6.95. The summed E-state index contributed by atoms with van der Waals surface area (Å²) in [5.74, 6) is 1.38. The molecular formula is C14H26N4O2. The van der Waals surface area contributed by atoms with Crippen molar-refractivity contribution in [1.82, 2.24) is 20.4 Å². The molecule has 1 aliphatic rings. The van der Waals surface area contributed by atoms with Crippen molar-refractivity contribution < 1.29 is 9.26 Å². The Morgan fingerprint density at radius 3 is 2.75 bits per heavy atom. The molecule has 114 valence electrons. The van der Waals surface area contributed by atoms with Crippen molar-refractivity contribution in [3.8, 4) is 0 Å². The molecule has 0 bridgehead atoms. The van der Waals surface area contributed by atoms with Gasteiger partial charge in [-0.1, -0.05) is 18.5 Å². The molecule has 1 fully saturated rings. The number of hydrogen-bond donors (Lipinski definition) is 1. The molecule has 1 atom stereocenters. The largest absolute Gasteiger partial charge is 0.369 e. The van der Waals surface area contributed by atoms with Crippen LogP contribution in [0.1, 0.15) is 51.4 Å². The lowest BCUT2D eigenvalue weighted by Gasteiger charge is -2.33. The molecule has 1 saturated heterocycles. The highest BCUT2D eigenvalue weighted by molar-refractivity contribution is 4.96. The van der Waals surface area contributed by atoms with E-state index in [0.717, 1.165) is 44.8 Å². The number of hydrogen-bond acceptors (Lipinski definition) is 6. The summed E-state index contributed by atoms with van der Waals surface area (Å²) in [6, 6.07) is 0.263. The van der Waals surface area contributed by atoms with Crippen LogP contribution in [-0.4, -0.2) is 47.3 Å². The molecule has 1 aliphatic heterocycles. The highest BCUT2D eigenvalue weighted by Crippen LogP contribution is 2.23. The van der Waals surface area contributed by atoms with Gasteiger partial charge in [-0.15, -0.1) is 0 Å². The second-order valence-corrected chi connectivity index (χ2v) is 5.50. The third-order valence-electron chi connectivity index (χ3n) is 3.48. The van der Waals surface area contributed by atoms with Crippen LogP contribution < -0.4 is 5.32 Å². The van der Waals surface area contributed by atoms with E-state index in [1.165, 1.54) is 0 Å². The number of nitrogens with zero attached hydrogens (tertiary/aromatic N) is 3. The summed E-state index contributed by atoms with van der Waals surface area (Å²) < 4.78 is 10.8. The van der Waals surface area contributed by atoms with E-state index in [0.29, 0.717) is 12.5 Å². The minimum absolute atomic E-state index is 0.171. The molecule has 2 heterocycles. The first kappa shape index (κ1) is 15.4. The van der Waals surface area contributed by atoms with Crippen LogP contribution in [0.5, 0.6) is 0 Å². The summed E-state index contributed by atoms with van der Waals surface area (Å²) in [6.07, 6.45) is 2.34. The fourth-order valence-corrected chi connectivity index (χ4v) is 2.44. The van der Waals surface area contributed by atoms with E-state index in [1.807, 2.05) is 13.8 Å². The van der Waals surface area contributed by atoms with Crippen LogP contribution in [-0.2, 0) is 11.3 Å². The molecule has 0 radical (unpaired) electrons. The predicted molar refractivity (Wildman–Crippen MR) is 76.3 cm³/mol. The molecule has 20 heavy (non-hydrogen) atoms. The molecular weight excluding hydrogens is 256 g/mol.